The van der Waals surface area contributed by atoms with E-state index >= 15 is 0 Å². The zero-order chi connectivity index (χ0) is 13.0. The van der Waals surface area contributed by atoms with E-state index in [-0.39, 0.29) is 5.92 Å². The molecule has 2 fully saturated rings. The lowest BCUT2D eigenvalue weighted by molar-refractivity contribution is -0.138. The maximum absolute atomic E-state index is 12.4. The van der Waals surface area contributed by atoms with Gasteiger partial charge in [-0.1, -0.05) is 6.08 Å². The molecule has 1 heterocycles. The van der Waals surface area contributed by atoms with Crippen molar-refractivity contribution in [3.8, 4) is 0 Å². The van der Waals surface area contributed by atoms with Crippen LogP contribution < -0.4 is 5.73 Å². The third-order valence-electron chi connectivity index (χ3n) is 4.19. The lowest BCUT2D eigenvalue weighted by Crippen LogP contribution is -2.50. The first-order chi connectivity index (χ1) is 8.70. The third-order valence-corrected chi connectivity index (χ3v) is 4.19. The van der Waals surface area contributed by atoms with Gasteiger partial charge in [0.15, 0.2) is 0 Å². The summed E-state index contributed by atoms with van der Waals surface area (Å²) in [7, 11) is 0. The molecular formula is C14H25N3O. The third kappa shape index (κ3) is 3.33. The number of amides is 1. The lowest BCUT2D eigenvalue weighted by Gasteiger charge is -2.37. The summed E-state index contributed by atoms with van der Waals surface area (Å²) in [5.41, 5.74) is 5.89. The van der Waals surface area contributed by atoms with E-state index in [1.54, 1.807) is 0 Å². The zero-order valence-corrected chi connectivity index (χ0v) is 11.2. The van der Waals surface area contributed by atoms with E-state index in [4.69, 9.17) is 5.73 Å². The van der Waals surface area contributed by atoms with Crippen LogP contribution in [-0.2, 0) is 4.79 Å². The van der Waals surface area contributed by atoms with Crippen molar-refractivity contribution in [2.45, 2.75) is 31.7 Å². The quantitative estimate of drug-likeness (QED) is 0.756. The predicted molar refractivity (Wildman–Crippen MR) is 73.2 cm³/mol. The van der Waals surface area contributed by atoms with Crippen LogP contribution in [0.15, 0.2) is 12.7 Å². The van der Waals surface area contributed by atoms with Crippen molar-refractivity contribution in [3.63, 3.8) is 0 Å². The van der Waals surface area contributed by atoms with Crippen molar-refractivity contribution in [1.82, 2.24) is 9.80 Å². The van der Waals surface area contributed by atoms with Crippen molar-refractivity contribution < 1.29 is 4.79 Å². The number of rotatable bonds is 3. The molecule has 2 aliphatic rings. The van der Waals surface area contributed by atoms with E-state index in [0.717, 1.165) is 58.4 Å². The lowest BCUT2D eigenvalue weighted by atomic mass is 9.85. The van der Waals surface area contributed by atoms with Crippen LogP contribution in [0.3, 0.4) is 0 Å². The van der Waals surface area contributed by atoms with Crippen molar-refractivity contribution >= 4 is 5.91 Å². The molecule has 1 saturated carbocycles. The Morgan fingerprint density at radius 1 is 1.17 bits per heavy atom. The molecule has 0 atom stereocenters. The van der Waals surface area contributed by atoms with Crippen LogP contribution in [0, 0.1) is 5.92 Å². The molecule has 2 rings (SSSR count). The fraction of sp³-hybridized carbons (Fsp3) is 0.786. The van der Waals surface area contributed by atoms with E-state index in [9.17, 15) is 4.79 Å². The summed E-state index contributed by atoms with van der Waals surface area (Å²) in [6.45, 7) is 8.38. The summed E-state index contributed by atoms with van der Waals surface area (Å²) >= 11 is 0. The van der Waals surface area contributed by atoms with E-state index in [0.29, 0.717) is 11.9 Å². The Morgan fingerprint density at radius 3 is 2.33 bits per heavy atom. The highest BCUT2D eigenvalue weighted by Gasteiger charge is 2.29. The molecule has 0 aromatic heterocycles. The number of hydrogen-bond donors (Lipinski definition) is 1. The smallest absolute Gasteiger partial charge is 0.225 e. The molecule has 4 nitrogen and oxygen atoms in total. The molecule has 0 aromatic rings. The summed E-state index contributed by atoms with van der Waals surface area (Å²) in [5.74, 6) is 0.593. The zero-order valence-electron chi connectivity index (χ0n) is 11.2. The fourth-order valence-electron chi connectivity index (χ4n) is 2.96. The normalized spacial score (nSPS) is 30.2. The Bertz CT molecular complexity index is 289. The Kier molecular flexibility index (Phi) is 4.78. The summed E-state index contributed by atoms with van der Waals surface area (Å²) in [4.78, 5) is 16.8. The van der Waals surface area contributed by atoms with Crippen LogP contribution in [0.4, 0.5) is 0 Å². The van der Waals surface area contributed by atoms with Gasteiger partial charge in [0.1, 0.15) is 0 Å². The molecule has 1 saturated heterocycles. The van der Waals surface area contributed by atoms with Crippen LogP contribution in [0.1, 0.15) is 25.7 Å². The highest BCUT2D eigenvalue weighted by atomic mass is 16.2. The van der Waals surface area contributed by atoms with Gasteiger partial charge in [0.2, 0.25) is 5.91 Å². The summed E-state index contributed by atoms with van der Waals surface area (Å²) in [5, 5.41) is 0. The standard InChI is InChI=1S/C14H25N3O/c1-2-7-16-8-10-17(11-9-16)14(18)12-3-5-13(15)6-4-12/h2,12-13H,1,3-11,15H2. The Labute approximate surface area is 110 Å². The number of piperazine rings is 1. The van der Waals surface area contributed by atoms with Gasteiger partial charge < -0.3 is 10.6 Å². The van der Waals surface area contributed by atoms with Gasteiger partial charge >= 0.3 is 0 Å². The van der Waals surface area contributed by atoms with E-state index in [2.05, 4.69) is 11.5 Å². The Morgan fingerprint density at radius 2 is 1.78 bits per heavy atom. The van der Waals surface area contributed by atoms with Crippen molar-refractivity contribution in [2.75, 3.05) is 32.7 Å². The van der Waals surface area contributed by atoms with Gasteiger partial charge in [-0.3, -0.25) is 9.69 Å². The van der Waals surface area contributed by atoms with E-state index < -0.39 is 0 Å². The Balaban J connectivity index is 1.78. The van der Waals surface area contributed by atoms with Gasteiger partial charge in [-0.2, -0.15) is 0 Å². The van der Waals surface area contributed by atoms with Gasteiger partial charge in [0.05, 0.1) is 0 Å². The maximum atomic E-state index is 12.4. The summed E-state index contributed by atoms with van der Waals surface area (Å²) in [6, 6.07) is 0.318. The molecule has 1 amide bonds. The minimum absolute atomic E-state index is 0.232. The summed E-state index contributed by atoms with van der Waals surface area (Å²) < 4.78 is 0. The molecule has 1 aliphatic heterocycles. The minimum atomic E-state index is 0.232. The molecule has 102 valence electrons. The van der Waals surface area contributed by atoms with Crippen molar-refractivity contribution in [1.29, 1.82) is 0 Å². The number of nitrogens with zero attached hydrogens (tertiary/aromatic N) is 2. The summed E-state index contributed by atoms with van der Waals surface area (Å²) in [6.07, 6.45) is 5.90. The molecule has 2 N–H and O–H groups in total. The van der Waals surface area contributed by atoms with Crippen LogP contribution in [0.25, 0.3) is 0 Å². The van der Waals surface area contributed by atoms with Crippen LogP contribution in [0.5, 0.6) is 0 Å². The molecular weight excluding hydrogens is 226 g/mol. The van der Waals surface area contributed by atoms with Crippen molar-refractivity contribution in [2.24, 2.45) is 11.7 Å². The molecule has 0 radical (unpaired) electrons. The van der Waals surface area contributed by atoms with Gasteiger partial charge in [0.25, 0.3) is 0 Å². The van der Waals surface area contributed by atoms with Crippen LogP contribution in [-0.4, -0.2) is 54.5 Å². The molecule has 0 spiro atoms. The average molecular weight is 251 g/mol. The fourth-order valence-corrected chi connectivity index (χ4v) is 2.96. The topological polar surface area (TPSA) is 49.6 Å². The highest BCUT2D eigenvalue weighted by Crippen LogP contribution is 2.25. The second kappa shape index (κ2) is 6.34. The number of carbonyl (C=O) groups is 1. The first kappa shape index (κ1) is 13.6. The van der Waals surface area contributed by atoms with Gasteiger partial charge in [-0.05, 0) is 25.7 Å². The average Bonchev–Trinajstić information content (AvgIpc) is 2.40. The molecule has 0 aromatic carbocycles. The van der Waals surface area contributed by atoms with Gasteiger partial charge in [0, 0.05) is 44.7 Å². The monoisotopic (exact) mass is 251 g/mol. The van der Waals surface area contributed by atoms with Gasteiger partial charge in [-0.15, -0.1) is 6.58 Å². The second-order valence-corrected chi connectivity index (χ2v) is 5.53. The number of carbonyl (C=O) groups excluding carboxylic acids is 1. The Hall–Kier alpha value is -0.870. The molecule has 0 bridgehead atoms. The molecule has 4 heteroatoms. The predicted octanol–water partition coefficient (Wildman–Crippen LogP) is 0.834. The molecule has 0 unspecified atom stereocenters. The van der Waals surface area contributed by atoms with E-state index in [1.165, 1.54) is 0 Å². The van der Waals surface area contributed by atoms with Crippen LogP contribution >= 0.6 is 0 Å². The highest BCUT2D eigenvalue weighted by molar-refractivity contribution is 5.79. The van der Waals surface area contributed by atoms with E-state index in [1.807, 2.05) is 11.0 Å². The second-order valence-electron chi connectivity index (χ2n) is 5.53. The first-order valence-electron chi connectivity index (χ1n) is 7.08. The number of hydrogen-bond acceptors (Lipinski definition) is 3. The SMILES string of the molecule is C=CCN1CCN(C(=O)C2CCC(N)CC2)CC1. The number of nitrogens with two attached hydrogens (primary N) is 1. The van der Waals surface area contributed by atoms with Gasteiger partial charge in [-0.25, -0.2) is 0 Å². The van der Waals surface area contributed by atoms with Crippen molar-refractivity contribution in [3.05, 3.63) is 12.7 Å². The maximum Gasteiger partial charge on any atom is 0.225 e. The first-order valence-corrected chi connectivity index (χ1v) is 7.08. The largest absolute Gasteiger partial charge is 0.340 e. The van der Waals surface area contributed by atoms with Crippen LogP contribution in [0.2, 0.25) is 0 Å². The molecule has 1 aliphatic carbocycles. The minimum Gasteiger partial charge on any atom is -0.340 e. The molecule has 18 heavy (non-hydrogen) atoms.